The third-order valence-corrected chi connectivity index (χ3v) is 11.9. The van der Waals surface area contributed by atoms with Crippen LogP contribution < -0.4 is 0 Å². The molecule has 2 aromatic heterocycles. The number of para-hydroxylation sites is 4. The second-order valence-corrected chi connectivity index (χ2v) is 14.3. The second-order valence-electron chi connectivity index (χ2n) is 14.3. The van der Waals surface area contributed by atoms with Gasteiger partial charge in [-0.25, -0.2) is 0 Å². The Kier molecular flexibility index (Phi) is 5.64. The molecule has 242 valence electrons. The average Bonchev–Trinajstić information content (AvgIpc) is 3.74. The smallest absolute Gasteiger partial charge is 0.0544 e. The summed E-state index contributed by atoms with van der Waals surface area (Å²) in [6.07, 6.45) is 0. The van der Waals surface area contributed by atoms with Crippen LogP contribution in [0.2, 0.25) is 0 Å². The van der Waals surface area contributed by atoms with E-state index in [0.717, 1.165) is 0 Å². The standard InChI is InChI=1S/C50H32N2/c1-3-15-31(16-4-1)33-19-9-12-24-40(33)52-42-26-14-11-23-37(42)47-44(52)30-28-39-45-34-20-7-8-21-35(34)48(50(39)47)49-38(45)27-29-43-46(49)36-22-10-13-25-41(36)51(43)32-17-5-2-6-18-32/h1-30,45,48H. The molecule has 2 nitrogen and oxygen atoms in total. The van der Waals surface area contributed by atoms with Gasteiger partial charge in [0.1, 0.15) is 0 Å². The minimum absolute atomic E-state index is 0.0947. The van der Waals surface area contributed by atoms with E-state index >= 15 is 0 Å². The highest BCUT2D eigenvalue weighted by Crippen LogP contribution is 2.60. The molecule has 0 saturated heterocycles. The monoisotopic (exact) mass is 660 g/mol. The maximum absolute atomic E-state index is 2.52. The van der Waals surface area contributed by atoms with Crippen LogP contribution in [0.1, 0.15) is 45.2 Å². The topological polar surface area (TPSA) is 9.86 Å². The summed E-state index contributed by atoms with van der Waals surface area (Å²) in [5.41, 5.74) is 18.6. The molecule has 2 heteroatoms. The molecule has 52 heavy (non-hydrogen) atoms. The van der Waals surface area contributed by atoms with Crippen molar-refractivity contribution in [3.63, 3.8) is 0 Å². The van der Waals surface area contributed by atoms with Crippen molar-refractivity contribution in [1.82, 2.24) is 9.13 Å². The predicted molar refractivity (Wildman–Crippen MR) is 215 cm³/mol. The Morgan fingerprint density at radius 1 is 0.327 bits per heavy atom. The zero-order chi connectivity index (χ0) is 33.9. The van der Waals surface area contributed by atoms with Crippen LogP contribution in [0, 0.1) is 0 Å². The third-order valence-electron chi connectivity index (χ3n) is 11.9. The fourth-order valence-corrected chi connectivity index (χ4v) is 9.97. The van der Waals surface area contributed by atoms with Gasteiger partial charge in [0.15, 0.2) is 0 Å². The number of fused-ring (bicyclic) bond motifs is 6. The molecule has 0 saturated carbocycles. The van der Waals surface area contributed by atoms with E-state index in [1.807, 2.05) is 0 Å². The number of aromatic nitrogens is 2. The Bertz CT molecular complexity index is 3070. The maximum Gasteiger partial charge on any atom is 0.0544 e. The Hall–Kier alpha value is -6.64. The minimum atomic E-state index is 0.0947. The summed E-state index contributed by atoms with van der Waals surface area (Å²) < 4.78 is 4.98. The zero-order valence-corrected chi connectivity index (χ0v) is 28.4. The lowest BCUT2D eigenvalue weighted by Gasteiger charge is -2.43. The lowest BCUT2D eigenvalue weighted by Crippen LogP contribution is -2.28. The summed E-state index contributed by atoms with van der Waals surface area (Å²) in [5, 5.41) is 5.37. The zero-order valence-electron chi connectivity index (χ0n) is 28.4. The van der Waals surface area contributed by atoms with Crippen molar-refractivity contribution in [3.8, 4) is 22.5 Å². The van der Waals surface area contributed by atoms with Crippen LogP contribution in [-0.2, 0) is 0 Å². The number of hydrogen-bond acceptors (Lipinski definition) is 0. The summed E-state index contributed by atoms with van der Waals surface area (Å²) in [7, 11) is 0. The molecular formula is C50H32N2. The molecule has 2 unspecified atom stereocenters. The van der Waals surface area contributed by atoms with Gasteiger partial charge in [0.2, 0.25) is 0 Å². The van der Waals surface area contributed by atoms with E-state index in [0.29, 0.717) is 0 Å². The fraction of sp³-hybridized carbons (Fsp3) is 0.0400. The molecule has 13 rings (SSSR count). The molecule has 0 fully saturated rings. The van der Waals surface area contributed by atoms with E-state index in [9.17, 15) is 0 Å². The first-order valence-corrected chi connectivity index (χ1v) is 18.3. The van der Waals surface area contributed by atoms with Gasteiger partial charge in [0.25, 0.3) is 0 Å². The van der Waals surface area contributed by atoms with Crippen LogP contribution in [0.25, 0.3) is 66.1 Å². The van der Waals surface area contributed by atoms with Crippen LogP contribution in [0.15, 0.2) is 182 Å². The summed E-state index contributed by atoms with van der Waals surface area (Å²) in [5.74, 6) is 0.259. The average molecular weight is 661 g/mol. The second kappa shape index (κ2) is 10.4. The molecule has 0 radical (unpaired) electrons. The number of benzene rings is 8. The molecular weight excluding hydrogens is 629 g/mol. The molecule has 2 bridgehead atoms. The molecule has 0 spiro atoms. The molecule has 10 aromatic rings. The van der Waals surface area contributed by atoms with Crippen molar-refractivity contribution in [3.05, 3.63) is 215 Å². The third kappa shape index (κ3) is 3.58. The Morgan fingerprint density at radius 2 is 0.827 bits per heavy atom. The van der Waals surface area contributed by atoms with Gasteiger partial charge in [0, 0.05) is 44.6 Å². The number of rotatable bonds is 3. The summed E-state index contributed by atoms with van der Waals surface area (Å²) in [6, 6.07) is 67.5. The van der Waals surface area contributed by atoms with Gasteiger partial charge >= 0.3 is 0 Å². The van der Waals surface area contributed by atoms with Crippen molar-refractivity contribution in [2.45, 2.75) is 11.8 Å². The highest BCUT2D eigenvalue weighted by molar-refractivity contribution is 6.16. The summed E-state index contributed by atoms with van der Waals surface area (Å²) in [4.78, 5) is 0. The van der Waals surface area contributed by atoms with Crippen LogP contribution in [-0.4, -0.2) is 9.13 Å². The van der Waals surface area contributed by atoms with Crippen molar-refractivity contribution in [2.75, 3.05) is 0 Å². The first-order chi connectivity index (χ1) is 25.9. The number of nitrogens with zero attached hydrogens (tertiary/aromatic N) is 2. The van der Waals surface area contributed by atoms with Gasteiger partial charge in [-0.15, -0.1) is 0 Å². The molecule has 2 heterocycles. The predicted octanol–water partition coefficient (Wildman–Crippen LogP) is 12.5. The van der Waals surface area contributed by atoms with Gasteiger partial charge in [-0.1, -0.05) is 140 Å². The van der Waals surface area contributed by atoms with Crippen LogP contribution >= 0.6 is 0 Å². The van der Waals surface area contributed by atoms with E-state index in [2.05, 4.69) is 191 Å². The number of hydrogen-bond donors (Lipinski definition) is 0. The highest BCUT2D eigenvalue weighted by atomic mass is 15.0. The summed E-state index contributed by atoms with van der Waals surface area (Å²) in [6.45, 7) is 0. The molecule has 3 aliphatic carbocycles. The first kappa shape index (κ1) is 28.1. The lowest BCUT2D eigenvalue weighted by atomic mass is 9.59. The Morgan fingerprint density at radius 3 is 1.50 bits per heavy atom. The van der Waals surface area contributed by atoms with Crippen molar-refractivity contribution < 1.29 is 0 Å². The van der Waals surface area contributed by atoms with Crippen molar-refractivity contribution >= 4 is 43.6 Å². The molecule has 0 N–H and O–H groups in total. The largest absolute Gasteiger partial charge is 0.309 e. The molecule has 0 aliphatic heterocycles. The van der Waals surface area contributed by atoms with E-state index < -0.39 is 0 Å². The Labute approximate surface area is 301 Å². The fourth-order valence-electron chi connectivity index (χ4n) is 9.97. The first-order valence-electron chi connectivity index (χ1n) is 18.3. The quantitative estimate of drug-likeness (QED) is 0.178. The SMILES string of the molecule is c1ccc(-c2ccccc2-n2c3ccccc3c3c4c(ccc32)C2c3ccccc3C4c3c2ccc2c3c3ccccc3n2-c2ccccc2)cc1. The normalized spacial score (nSPS) is 15.7. The van der Waals surface area contributed by atoms with E-state index in [-0.39, 0.29) is 11.8 Å². The molecule has 3 aliphatic rings. The van der Waals surface area contributed by atoms with Gasteiger partial charge in [-0.05, 0) is 81.4 Å². The van der Waals surface area contributed by atoms with Crippen LogP contribution in [0.3, 0.4) is 0 Å². The van der Waals surface area contributed by atoms with Gasteiger partial charge in [-0.3, -0.25) is 0 Å². The van der Waals surface area contributed by atoms with Gasteiger partial charge < -0.3 is 9.13 Å². The molecule has 0 amide bonds. The van der Waals surface area contributed by atoms with Gasteiger partial charge in [-0.2, -0.15) is 0 Å². The van der Waals surface area contributed by atoms with Crippen LogP contribution in [0.4, 0.5) is 0 Å². The van der Waals surface area contributed by atoms with Crippen LogP contribution in [0.5, 0.6) is 0 Å². The van der Waals surface area contributed by atoms with E-state index in [4.69, 9.17) is 0 Å². The summed E-state index contributed by atoms with van der Waals surface area (Å²) >= 11 is 0. The maximum atomic E-state index is 2.52. The lowest BCUT2D eigenvalue weighted by molar-refractivity contribution is 0.768. The molecule has 8 aromatic carbocycles. The van der Waals surface area contributed by atoms with Gasteiger partial charge in [0.05, 0.1) is 27.8 Å². The highest BCUT2D eigenvalue weighted by Gasteiger charge is 2.44. The van der Waals surface area contributed by atoms with E-state index in [1.165, 1.54) is 99.5 Å². The van der Waals surface area contributed by atoms with Crippen molar-refractivity contribution in [2.24, 2.45) is 0 Å². The Balaban J connectivity index is 1.22. The molecule has 2 atom stereocenters. The minimum Gasteiger partial charge on any atom is -0.309 e. The van der Waals surface area contributed by atoms with E-state index in [1.54, 1.807) is 0 Å². The van der Waals surface area contributed by atoms with Crippen molar-refractivity contribution in [1.29, 1.82) is 0 Å².